The summed E-state index contributed by atoms with van der Waals surface area (Å²) < 4.78 is 6.18. The number of hydrogen-bond donors (Lipinski definition) is 0. The summed E-state index contributed by atoms with van der Waals surface area (Å²) >= 11 is 0. The van der Waals surface area contributed by atoms with Crippen molar-refractivity contribution in [3.8, 4) is 5.75 Å². The molecule has 0 radical (unpaired) electrons. The Morgan fingerprint density at radius 1 is 1.00 bits per heavy atom. The van der Waals surface area contributed by atoms with Crippen molar-refractivity contribution in [1.82, 2.24) is 14.7 Å². The lowest BCUT2D eigenvalue weighted by Gasteiger charge is -2.44. The quantitative estimate of drug-likeness (QED) is 0.636. The van der Waals surface area contributed by atoms with Crippen molar-refractivity contribution < 1.29 is 14.3 Å². The second kappa shape index (κ2) is 11.0. The van der Waals surface area contributed by atoms with Crippen LogP contribution in [0.2, 0.25) is 0 Å². The Bertz CT molecular complexity index is 714. The molecule has 2 amide bonds. The minimum absolute atomic E-state index is 0.0687. The summed E-state index contributed by atoms with van der Waals surface area (Å²) in [6.45, 7) is 9.40. The standard InChI is InChI=1S/C25H39N3O3/c1-4-21(5-2)24(30)28-13-9-12-25(19-28,20-31-22-10-7-6-8-11-22)18-23(29)27-16-14-26(3)15-17-27/h6-8,10-11,21H,4-5,9,12-20H2,1-3H3. The lowest BCUT2D eigenvalue weighted by atomic mass is 9.76. The van der Waals surface area contributed by atoms with Crippen molar-refractivity contribution in [2.45, 2.75) is 46.0 Å². The fourth-order valence-electron chi connectivity index (χ4n) is 4.85. The van der Waals surface area contributed by atoms with E-state index in [1.807, 2.05) is 40.1 Å². The van der Waals surface area contributed by atoms with Crippen LogP contribution < -0.4 is 4.74 Å². The van der Waals surface area contributed by atoms with E-state index in [-0.39, 0.29) is 23.1 Å². The Labute approximate surface area is 187 Å². The van der Waals surface area contributed by atoms with Gasteiger partial charge in [0, 0.05) is 57.0 Å². The first-order valence-electron chi connectivity index (χ1n) is 11.9. The molecular weight excluding hydrogens is 390 g/mol. The second-order valence-electron chi connectivity index (χ2n) is 9.34. The highest BCUT2D eigenvalue weighted by Gasteiger charge is 2.41. The van der Waals surface area contributed by atoms with Gasteiger partial charge in [0.05, 0.1) is 6.61 Å². The summed E-state index contributed by atoms with van der Waals surface area (Å²) in [7, 11) is 2.10. The maximum Gasteiger partial charge on any atom is 0.225 e. The predicted molar refractivity (Wildman–Crippen MR) is 123 cm³/mol. The van der Waals surface area contributed by atoms with E-state index >= 15 is 0 Å². The Morgan fingerprint density at radius 2 is 1.68 bits per heavy atom. The topological polar surface area (TPSA) is 53.1 Å². The number of ether oxygens (including phenoxy) is 1. The van der Waals surface area contributed by atoms with Gasteiger partial charge < -0.3 is 19.4 Å². The van der Waals surface area contributed by atoms with Gasteiger partial charge in [-0.25, -0.2) is 0 Å². The zero-order valence-electron chi connectivity index (χ0n) is 19.5. The summed E-state index contributed by atoms with van der Waals surface area (Å²) in [5.74, 6) is 1.32. The van der Waals surface area contributed by atoms with Gasteiger partial charge in [-0.15, -0.1) is 0 Å². The second-order valence-corrected chi connectivity index (χ2v) is 9.34. The molecule has 0 N–H and O–H groups in total. The van der Waals surface area contributed by atoms with E-state index in [0.29, 0.717) is 19.6 Å². The Kier molecular flexibility index (Phi) is 8.35. The summed E-state index contributed by atoms with van der Waals surface area (Å²) in [6.07, 6.45) is 3.99. The molecule has 1 aromatic rings. The van der Waals surface area contributed by atoms with Crippen LogP contribution in [-0.4, -0.2) is 79.4 Å². The van der Waals surface area contributed by atoms with Gasteiger partial charge in [-0.2, -0.15) is 0 Å². The third-order valence-electron chi connectivity index (χ3n) is 6.98. The molecule has 1 atom stereocenters. The summed E-state index contributed by atoms with van der Waals surface area (Å²) in [5, 5.41) is 0. The molecule has 3 rings (SSSR count). The SMILES string of the molecule is CCC(CC)C(=O)N1CCCC(COc2ccccc2)(CC(=O)N2CCN(C)CC2)C1. The first kappa shape index (κ1) is 23.6. The minimum atomic E-state index is -0.337. The fraction of sp³-hybridized carbons (Fsp3) is 0.680. The monoisotopic (exact) mass is 429 g/mol. The average molecular weight is 430 g/mol. The van der Waals surface area contributed by atoms with Crippen molar-refractivity contribution in [2.24, 2.45) is 11.3 Å². The number of piperazine rings is 1. The van der Waals surface area contributed by atoms with Crippen LogP contribution in [0.5, 0.6) is 5.75 Å². The average Bonchev–Trinajstić information content (AvgIpc) is 2.80. The molecule has 1 aromatic carbocycles. The van der Waals surface area contributed by atoms with Crippen LogP contribution in [0.3, 0.4) is 0 Å². The first-order chi connectivity index (χ1) is 15.0. The number of likely N-dealkylation sites (tertiary alicyclic amines) is 1. The van der Waals surface area contributed by atoms with Crippen LogP contribution in [-0.2, 0) is 9.59 Å². The number of nitrogens with zero attached hydrogens (tertiary/aromatic N) is 3. The van der Waals surface area contributed by atoms with E-state index in [2.05, 4.69) is 25.8 Å². The zero-order valence-corrected chi connectivity index (χ0v) is 19.5. The molecule has 0 aliphatic carbocycles. The third kappa shape index (κ3) is 6.22. The van der Waals surface area contributed by atoms with Crippen LogP contribution in [0, 0.1) is 11.3 Å². The van der Waals surface area contributed by atoms with E-state index in [9.17, 15) is 9.59 Å². The summed E-state index contributed by atoms with van der Waals surface area (Å²) in [5.41, 5.74) is -0.337. The van der Waals surface area contributed by atoms with Gasteiger partial charge in [0.1, 0.15) is 5.75 Å². The highest BCUT2D eigenvalue weighted by molar-refractivity contribution is 5.80. The molecule has 0 spiro atoms. The molecule has 6 heteroatoms. The number of rotatable bonds is 8. The van der Waals surface area contributed by atoms with Crippen LogP contribution in [0.4, 0.5) is 0 Å². The molecule has 6 nitrogen and oxygen atoms in total. The molecule has 0 bridgehead atoms. The summed E-state index contributed by atoms with van der Waals surface area (Å²) in [6, 6.07) is 9.79. The van der Waals surface area contributed by atoms with E-state index in [1.54, 1.807) is 0 Å². The highest BCUT2D eigenvalue weighted by Crippen LogP contribution is 2.36. The molecule has 2 aliphatic heterocycles. The first-order valence-corrected chi connectivity index (χ1v) is 11.9. The van der Waals surface area contributed by atoms with E-state index < -0.39 is 0 Å². The van der Waals surface area contributed by atoms with Crippen LogP contribution >= 0.6 is 0 Å². The van der Waals surface area contributed by atoms with Crippen molar-refractivity contribution in [1.29, 1.82) is 0 Å². The molecule has 0 saturated carbocycles. The number of hydrogen-bond acceptors (Lipinski definition) is 4. The number of amides is 2. The fourth-order valence-corrected chi connectivity index (χ4v) is 4.85. The van der Waals surface area contributed by atoms with Gasteiger partial charge in [-0.1, -0.05) is 32.0 Å². The predicted octanol–water partition coefficient (Wildman–Crippen LogP) is 3.27. The normalized spacial score (nSPS) is 22.6. The summed E-state index contributed by atoms with van der Waals surface area (Å²) in [4.78, 5) is 32.6. The van der Waals surface area contributed by atoms with Gasteiger partial charge in [0.15, 0.2) is 0 Å². The molecule has 2 heterocycles. The lowest BCUT2D eigenvalue weighted by molar-refractivity contribution is -0.145. The lowest BCUT2D eigenvalue weighted by Crippen LogP contribution is -2.53. The van der Waals surface area contributed by atoms with Crippen molar-refractivity contribution in [2.75, 3.05) is 52.9 Å². The van der Waals surface area contributed by atoms with Crippen molar-refractivity contribution in [3.63, 3.8) is 0 Å². The van der Waals surface area contributed by atoms with Crippen LogP contribution in [0.15, 0.2) is 30.3 Å². The van der Waals surface area contributed by atoms with Crippen LogP contribution in [0.1, 0.15) is 46.0 Å². The third-order valence-corrected chi connectivity index (χ3v) is 6.98. The molecule has 31 heavy (non-hydrogen) atoms. The number of carbonyl (C=O) groups excluding carboxylic acids is 2. The Hall–Kier alpha value is -2.08. The highest BCUT2D eigenvalue weighted by atomic mass is 16.5. The maximum atomic E-state index is 13.3. The molecule has 2 saturated heterocycles. The van der Waals surface area contributed by atoms with Gasteiger partial charge in [0.2, 0.25) is 11.8 Å². The Balaban J connectivity index is 1.74. The van der Waals surface area contributed by atoms with Gasteiger partial charge in [0.25, 0.3) is 0 Å². The van der Waals surface area contributed by atoms with Crippen LogP contribution in [0.25, 0.3) is 0 Å². The maximum absolute atomic E-state index is 13.3. The number of piperidine rings is 1. The largest absolute Gasteiger partial charge is 0.493 e. The zero-order chi connectivity index (χ0) is 22.3. The molecular formula is C25H39N3O3. The van der Waals surface area contributed by atoms with Crippen molar-refractivity contribution >= 4 is 11.8 Å². The number of carbonyl (C=O) groups is 2. The minimum Gasteiger partial charge on any atom is -0.493 e. The molecule has 172 valence electrons. The number of likely N-dealkylation sites (N-methyl/N-ethyl adjacent to an activating group) is 1. The molecule has 2 aliphatic rings. The van der Waals surface area contributed by atoms with E-state index in [4.69, 9.17) is 4.74 Å². The smallest absolute Gasteiger partial charge is 0.225 e. The molecule has 0 aromatic heterocycles. The molecule has 1 unspecified atom stereocenters. The van der Waals surface area contributed by atoms with Gasteiger partial charge >= 0.3 is 0 Å². The van der Waals surface area contributed by atoms with Gasteiger partial charge in [-0.3, -0.25) is 9.59 Å². The number of benzene rings is 1. The number of para-hydroxylation sites is 1. The Morgan fingerprint density at radius 3 is 2.32 bits per heavy atom. The molecule has 2 fully saturated rings. The van der Waals surface area contributed by atoms with E-state index in [1.165, 1.54) is 0 Å². The van der Waals surface area contributed by atoms with Gasteiger partial charge in [-0.05, 0) is 44.9 Å². The van der Waals surface area contributed by atoms with E-state index in [0.717, 1.165) is 64.2 Å². The van der Waals surface area contributed by atoms with Crippen molar-refractivity contribution in [3.05, 3.63) is 30.3 Å².